The molecule has 3 aromatic heterocycles. The first-order valence-corrected chi connectivity index (χ1v) is 8.16. The third kappa shape index (κ3) is 4.48. The minimum atomic E-state index is -0.301. The van der Waals surface area contributed by atoms with Gasteiger partial charge in [0.2, 0.25) is 11.0 Å². The normalized spacial score (nSPS) is 10.3. The summed E-state index contributed by atoms with van der Waals surface area (Å²) in [5.74, 6) is 0.211. The van der Waals surface area contributed by atoms with Crippen molar-refractivity contribution in [2.24, 2.45) is 0 Å². The number of hydrogen-bond donors (Lipinski definition) is 1. The van der Waals surface area contributed by atoms with Gasteiger partial charge in [0.05, 0.1) is 18.4 Å². The standard InChI is InChI=1S/C16H15N5O3S/c1-10-6-7-11(8-17-10)14(22)19-15-20-21-16(25-15)24-9-12-4-3-5-13(18-12)23-2/h3-8H,9H2,1-2H3,(H,19,20,22). The second-order valence-corrected chi connectivity index (χ2v) is 5.92. The topological polar surface area (TPSA) is 99.1 Å². The molecule has 0 unspecified atom stereocenters. The van der Waals surface area contributed by atoms with Crippen LogP contribution in [0.2, 0.25) is 0 Å². The Hall–Kier alpha value is -3.07. The highest BCUT2D eigenvalue weighted by Crippen LogP contribution is 2.23. The molecule has 1 N–H and O–H groups in total. The molecule has 9 heteroatoms. The number of ether oxygens (including phenoxy) is 2. The lowest BCUT2D eigenvalue weighted by Gasteiger charge is -2.03. The SMILES string of the molecule is COc1cccc(COc2nnc(NC(=O)c3ccc(C)nc3)s2)n1. The number of amides is 1. The van der Waals surface area contributed by atoms with Crippen LogP contribution in [-0.2, 0) is 6.61 Å². The zero-order valence-corrected chi connectivity index (χ0v) is 14.4. The maximum Gasteiger partial charge on any atom is 0.296 e. The number of hydrogen-bond acceptors (Lipinski definition) is 8. The van der Waals surface area contributed by atoms with Gasteiger partial charge in [0, 0.05) is 18.0 Å². The second kappa shape index (κ2) is 7.67. The Balaban J connectivity index is 1.58. The molecule has 0 saturated carbocycles. The molecule has 128 valence electrons. The Kier molecular flexibility index (Phi) is 5.14. The summed E-state index contributed by atoms with van der Waals surface area (Å²) in [4.78, 5) is 20.4. The van der Waals surface area contributed by atoms with Gasteiger partial charge in [-0.25, -0.2) is 4.98 Å². The first kappa shape index (κ1) is 16.8. The van der Waals surface area contributed by atoms with Gasteiger partial charge >= 0.3 is 0 Å². The van der Waals surface area contributed by atoms with Gasteiger partial charge in [-0.15, -0.1) is 5.10 Å². The second-order valence-electron chi connectivity index (χ2n) is 4.98. The third-order valence-electron chi connectivity index (χ3n) is 3.13. The number of nitrogens with one attached hydrogen (secondary N) is 1. The zero-order chi connectivity index (χ0) is 17.6. The van der Waals surface area contributed by atoms with Crippen molar-refractivity contribution in [3.8, 4) is 11.1 Å². The highest BCUT2D eigenvalue weighted by atomic mass is 32.1. The van der Waals surface area contributed by atoms with Gasteiger partial charge in [0.25, 0.3) is 11.1 Å². The van der Waals surface area contributed by atoms with Crippen LogP contribution in [0.15, 0.2) is 36.5 Å². The summed E-state index contributed by atoms with van der Waals surface area (Å²) in [6.45, 7) is 2.08. The predicted molar refractivity (Wildman–Crippen MR) is 92.0 cm³/mol. The summed E-state index contributed by atoms with van der Waals surface area (Å²) in [6, 6.07) is 8.86. The molecule has 8 nitrogen and oxygen atoms in total. The van der Waals surface area contributed by atoms with Crippen LogP contribution < -0.4 is 14.8 Å². The molecule has 3 heterocycles. The molecular weight excluding hydrogens is 342 g/mol. The van der Waals surface area contributed by atoms with E-state index in [-0.39, 0.29) is 12.5 Å². The van der Waals surface area contributed by atoms with E-state index in [4.69, 9.17) is 9.47 Å². The Morgan fingerprint density at radius 3 is 2.88 bits per heavy atom. The number of methoxy groups -OCH3 is 1. The molecule has 3 aromatic rings. The van der Waals surface area contributed by atoms with E-state index in [0.29, 0.717) is 27.5 Å². The molecule has 0 saturated heterocycles. The van der Waals surface area contributed by atoms with Gasteiger partial charge in [0.1, 0.15) is 6.61 Å². The molecule has 25 heavy (non-hydrogen) atoms. The highest BCUT2D eigenvalue weighted by Gasteiger charge is 2.11. The molecule has 0 aliphatic carbocycles. The van der Waals surface area contributed by atoms with Crippen LogP contribution in [0.4, 0.5) is 5.13 Å². The van der Waals surface area contributed by atoms with Crippen LogP contribution in [0.3, 0.4) is 0 Å². The number of aromatic nitrogens is 4. The van der Waals surface area contributed by atoms with E-state index >= 15 is 0 Å². The minimum absolute atomic E-state index is 0.224. The van der Waals surface area contributed by atoms with Crippen LogP contribution in [0.1, 0.15) is 21.7 Å². The quantitative estimate of drug-likeness (QED) is 0.723. The average Bonchev–Trinajstić information content (AvgIpc) is 3.08. The molecular formula is C16H15N5O3S. The molecule has 0 fully saturated rings. The van der Waals surface area contributed by atoms with Crippen LogP contribution in [0.25, 0.3) is 0 Å². The molecule has 0 aliphatic heterocycles. The van der Waals surface area contributed by atoms with Crippen molar-refractivity contribution in [1.82, 2.24) is 20.2 Å². The van der Waals surface area contributed by atoms with Crippen molar-refractivity contribution in [3.05, 3.63) is 53.5 Å². The van der Waals surface area contributed by atoms with Gasteiger partial charge in [-0.05, 0) is 36.5 Å². The number of aryl methyl sites for hydroxylation is 1. The van der Waals surface area contributed by atoms with E-state index in [0.717, 1.165) is 17.0 Å². The highest BCUT2D eigenvalue weighted by molar-refractivity contribution is 7.17. The first-order valence-electron chi connectivity index (χ1n) is 7.34. The van der Waals surface area contributed by atoms with Crippen LogP contribution >= 0.6 is 11.3 Å². The van der Waals surface area contributed by atoms with Gasteiger partial charge in [-0.1, -0.05) is 11.2 Å². The Morgan fingerprint density at radius 1 is 1.24 bits per heavy atom. The average molecular weight is 357 g/mol. The summed E-state index contributed by atoms with van der Waals surface area (Å²) < 4.78 is 10.6. The lowest BCUT2D eigenvalue weighted by molar-refractivity contribution is 0.102. The third-order valence-corrected chi connectivity index (χ3v) is 3.89. The summed E-state index contributed by atoms with van der Waals surface area (Å²) in [6.07, 6.45) is 1.51. The molecule has 0 atom stereocenters. The van der Waals surface area contributed by atoms with E-state index in [2.05, 4.69) is 25.5 Å². The van der Waals surface area contributed by atoms with E-state index in [1.807, 2.05) is 19.1 Å². The Labute approximate surface area is 147 Å². The summed E-state index contributed by atoms with van der Waals surface area (Å²) in [7, 11) is 1.55. The fraction of sp³-hybridized carbons (Fsp3) is 0.188. The lowest BCUT2D eigenvalue weighted by atomic mass is 10.2. The molecule has 0 aliphatic rings. The smallest absolute Gasteiger partial charge is 0.296 e. The number of carbonyl (C=O) groups is 1. The van der Waals surface area contributed by atoms with Crippen molar-refractivity contribution in [2.75, 3.05) is 12.4 Å². The summed E-state index contributed by atoms with van der Waals surface area (Å²) >= 11 is 1.13. The van der Waals surface area contributed by atoms with Gasteiger partial charge in [-0.3, -0.25) is 15.1 Å². The van der Waals surface area contributed by atoms with Gasteiger partial charge in [-0.2, -0.15) is 0 Å². The number of carbonyl (C=O) groups excluding carboxylic acids is 1. The maximum atomic E-state index is 12.1. The Morgan fingerprint density at radius 2 is 2.12 bits per heavy atom. The molecule has 0 aromatic carbocycles. The monoisotopic (exact) mass is 357 g/mol. The number of anilines is 1. The van der Waals surface area contributed by atoms with Crippen LogP contribution in [-0.4, -0.2) is 33.2 Å². The predicted octanol–water partition coefficient (Wildman–Crippen LogP) is 2.48. The van der Waals surface area contributed by atoms with Crippen molar-refractivity contribution >= 4 is 22.4 Å². The molecule has 0 spiro atoms. The zero-order valence-electron chi connectivity index (χ0n) is 13.6. The first-order chi connectivity index (χ1) is 12.1. The number of rotatable bonds is 6. The number of nitrogens with zero attached hydrogens (tertiary/aromatic N) is 4. The van der Waals surface area contributed by atoms with Crippen LogP contribution in [0, 0.1) is 6.92 Å². The van der Waals surface area contributed by atoms with E-state index < -0.39 is 0 Å². The fourth-order valence-electron chi connectivity index (χ4n) is 1.88. The van der Waals surface area contributed by atoms with Gasteiger partial charge in [0.15, 0.2) is 0 Å². The van der Waals surface area contributed by atoms with Gasteiger partial charge < -0.3 is 9.47 Å². The molecule has 1 amide bonds. The number of pyridine rings is 2. The van der Waals surface area contributed by atoms with E-state index in [9.17, 15) is 4.79 Å². The van der Waals surface area contributed by atoms with Crippen molar-refractivity contribution in [3.63, 3.8) is 0 Å². The lowest BCUT2D eigenvalue weighted by Crippen LogP contribution is -2.12. The largest absolute Gasteiger partial charge is 0.481 e. The van der Waals surface area contributed by atoms with Crippen molar-refractivity contribution < 1.29 is 14.3 Å². The molecule has 0 radical (unpaired) electrons. The van der Waals surface area contributed by atoms with Crippen molar-refractivity contribution in [1.29, 1.82) is 0 Å². The van der Waals surface area contributed by atoms with E-state index in [1.54, 1.807) is 25.3 Å². The van der Waals surface area contributed by atoms with Crippen LogP contribution in [0.5, 0.6) is 11.1 Å². The molecule has 0 bridgehead atoms. The molecule has 3 rings (SSSR count). The maximum absolute atomic E-state index is 12.1. The minimum Gasteiger partial charge on any atom is -0.481 e. The summed E-state index contributed by atoms with van der Waals surface area (Å²) in [5, 5.41) is 11.1. The summed E-state index contributed by atoms with van der Waals surface area (Å²) in [5.41, 5.74) is 1.99. The van der Waals surface area contributed by atoms with Crippen molar-refractivity contribution in [2.45, 2.75) is 13.5 Å². The Bertz CT molecular complexity index is 866. The van der Waals surface area contributed by atoms with E-state index in [1.165, 1.54) is 6.20 Å². The fourth-order valence-corrected chi connectivity index (χ4v) is 2.47.